The van der Waals surface area contributed by atoms with Crippen molar-refractivity contribution in [2.45, 2.75) is 18.4 Å². The number of benzene rings is 1. The van der Waals surface area contributed by atoms with E-state index in [0.717, 1.165) is 17.9 Å². The Hall–Kier alpha value is -1.26. The molecule has 94 valence electrons. The zero-order valence-corrected chi connectivity index (χ0v) is 10.2. The first-order chi connectivity index (χ1) is 8.28. The molecule has 2 rings (SSSR count). The highest BCUT2D eigenvalue weighted by atomic mass is 16.5. The Labute approximate surface area is 101 Å². The molecule has 1 aromatic carbocycles. The van der Waals surface area contributed by atoms with Gasteiger partial charge in [-0.05, 0) is 24.1 Å². The van der Waals surface area contributed by atoms with Crippen molar-refractivity contribution in [1.82, 2.24) is 0 Å². The average Bonchev–Trinajstić information content (AvgIpc) is 2.86. The number of hydrogen-bond acceptors (Lipinski definition) is 4. The molecule has 0 amide bonds. The van der Waals surface area contributed by atoms with Crippen LogP contribution < -0.4 is 9.47 Å². The fourth-order valence-corrected chi connectivity index (χ4v) is 2.17. The molecule has 1 aromatic rings. The third-order valence-corrected chi connectivity index (χ3v) is 3.16. The van der Waals surface area contributed by atoms with Crippen molar-refractivity contribution in [2.24, 2.45) is 0 Å². The Balaban J connectivity index is 2.16. The molecule has 1 aliphatic rings. The van der Waals surface area contributed by atoms with Crippen molar-refractivity contribution in [2.75, 3.05) is 27.4 Å². The maximum absolute atomic E-state index is 9.04. The Morgan fingerprint density at radius 3 is 2.65 bits per heavy atom. The minimum atomic E-state index is -0.0342. The van der Waals surface area contributed by atoms with E-state index in [1.165, 1.54) is 5.56 Å². The lowest BCUT2D eigenvalue weighted by molar-refractivity contribution is 0.0585. The van der Waals surface area contributed by atoms with E-state index >= 15 is 0 Å². The summed E-state index contributed by atoms with van der Waals surface area (Å²) >= 11 is 0. The minimum absolute atomic E-state index is 0.0342. The van der Waals surface area contributed by atoms with Gasteiger partial charge in [0.25, 0.3) is 0 Å². The van der Waals surface area contributed by atoms with Crippen molar-refractivity contribution >= 4 is 0 Å². The van der Waals surface area contributed by atoms with Crippen LogP contribution in [0.3, 0.4) is 0 Å². The highest BCUT2D eigenvalue weighted by Gasteiger charge is 2.26. The predicted molar refractivity (Wildman–Crippen MR) is 63.7 cm³/mol. The molecule has 4 heteroatoms. The third-order valence-electron chi connectivity index (χ3n) is 3.16. The van der Waals surface area contributed by atoms with Crippen molar-refractivity contribution in [1.29, 1.82) is 0 Å². The Bertz CT molecular complexity index is 378. The SMILES string of the molecule is COc1ccc([C@@H]2CO[C@@H](CO)C2)cc1OC. The predicted octanol–water partition coefficient (Wildman–Crippen LogP) is 1.57. The molecule has 4 nitrogen and oxygen atoms in total. The second-order valence-corrected chi connectivity index (χ2v) is 4.18. The molecule has 0 aromatic heterocycles. The number of aliphatic hydroxyl groups excluding tert-OH is 1. The number of aliphatic hydroxyl groups is 1. The summed E-state index contributed by atoms with van der Waals surface area (Å²) in [5.74, 6) is 1.79. The van der Waals surface area contributed by atoms with E-state index in [1.54, 1.807) is 14.2 Å². The number of rotatable bonds is 4. The van der Waals surface area contributed by atoms with Crippen molar-refractivity contribution in [3.05, 3.63) is 23.8 Å². The van der Waals surface area contributed by atoms with Gasteiger partial charge < -0.3 is 19.3 Å². The Morgan fingerprint density at radius 2 is 2.06 bits per heavy atom. The van der Waals surface area contributed by atoms with Crippen LogP contribution in [0.2, 0.25) is 0 Å². The third kappa shape index (κ3) is 2.53. The molecule has 1 heterocycles. The lowest BCUT2D eigenvalue weighted by atomic mass is 9.96. The number of methoxy groups -OCH3 is 2. The van der Waals surface area contributed by atoms with Gasteiger partial charge in [-0.3, -0.25) is 0 Å². The second-order valence-electron chi connectivity index (χ2n) is 4.18. The molecule has 1 fully saturated rings. The number of ether oxygens (including phenoxy) is 3. The molecule has 1 aliphatic heterocycles. The van der Waals surface area contributed by atoms with Gasteiger partial charge in [0.2, 0.25) is 0 Å². The fraction of sp³-hybridized carbons (Fsp3) is 0.538. The van der Waals surface area contributed by atoms with E-state index in [1.807, 2.05) is 18.2 Å². The summed E-state index contributed by atoms with van der Waals surface area (Å²) in [6.07, 6.45) is 0.819. The maximum Gasteiger partial charge on any atom is 0.160 e. The molecule has 17 heavy (non-hydrogen) atoms. The van der Waals surface area contributed by atoms with E-state index in [9.17, 15) is 0 Å². The van der Waals surface area contributed by atoms with Gasteiger partial charge in [0.1, 0.15) is 0 Å². The van der Waals surface area contributed by atoms with Crippen LogP contribution in [-0.4, -0.2) is 38.6 Å². The molecule has 2 atom stereocenters. The van der Waals surface area contributed by atoms with Crippen LogP contribution >= 0.6 is 0 Å². The highest BCUT2D eigenvalue weighted by Crippen LogP contribution is 2.35. The summed E-state index contributed by atoms with van der Waals surface area (Å²) in [4.78, 5) is 0. The van der Waals surface area contributed by atoms with E-state index < -0.39 is 0 Å². The van der Waals surface area contributed by atoms with Crippen LogP contribution in [0.25, 0.3) is 0 Å². The highest BCUT2D eigenvalue weighted by molar-refractivity contribution is 5.44. The van der Waals surface area contributed by atoms with Gasteiger partial charge in [0.05, 0.1) is 33.5 Å². The van der Waals surface area contributed by atoms with E-state index in [4.69, 9.17) is 19.3 Å². The molecule has 1 saturated heterocycles. The molecule has 0 unspecified atom stereocenters. The lowest BCUT2D eigenvalue weighted by Crippen LogP contribution is -2.09. The van der Waals surface area contributed by atoms with Crippen molar-refractivity contribution < 1.29 is 19.3 Å². The zero-order valence-electron chi connectivity index (χ0n) is 10.2. The van der Waals surface area contributed by atoms with Crippen molar-refractivity contribution in [3.63, 3.8) is 0 Å². The summed E-state index contributed by atoms with van der Waals surface area (Å²) in [6.45, 7) is 0.741. The van der Waals surface area contributed by atoms with E-state index in [2.05, 4.69) is 0 Å². The van der Waals surface area contributed by atoms with Crippen LogP contribution in [0.5, 0.6) is 11.5 Å². The van der Waals surface area contributed by atoms with E-state index in [0.29, 0.717) is 12.5 Å². The first-order valence-electron chi connectivity index (χ1n) is 5.73. The zero-order chi connectivity index (χ0) is 12.3. The van der Waals surface area contributed by atoms with Crippen LogP contribution in [0.1, 0.15) is 17.9 Å². The second kappa shape index (κ2) is 5.38. The average molecular weight is 238 g/mol. The smallest absolute Gasteiger partial charge is 0.160 e. The monoisotopic (exact) mass is 238 g/mol. The normalized spacial score (nSPS) is 23.7. The summed E-state index contributed by atoms with van der Waals surface area (Å²) < 4.78 is 16.0. The molecular weight excluding hydrogens is 220 g/mol. The fourth-order valence-electron chi connectivity index (χ4n) is 2.17. The van der Waals surface area contributed by atoms with Crippen LogP contribution in [0, 0.1) is 0 Å². The summed E-state index contributed by atoms with van der Waals surface area (Å²) in [7, 11) is 3.25. The Kier molecular flexibility index (Phi) is 3.86. The largest absolute Gasteiger partial charge is 0.493 e. The van der Waals surface area contributed by atoms with E-state index in [-0.39, 0.29) is 12.7 Å². The molecule has 0 radical (unpaired) electrons. The molecule has 1 N–H and O–H groups in total. The molecule has 0 bridgehead atoms. The molecule has 0 spiro atoms. The molecule has 0 aliphatic carbocycles. The quantitative estimate of drug-likeness (QED) is 0.865. The van der Waals surface area contributed by atoms with Gasteiger partial charge >= 0.3 is 0 Å². The van der Waals surface area contributed by atoms with Gasteiger partial charge in [0, 0.05) is 5.92 Å². The van der Waals surface area contributed by atoms with Gasteiger partial charge in [-0.1, -0.05) is 6.07 Å². The Morgan fingerprint density at radius 1 is 1.29 bits per heavy atom. The standard InChI is InChI=1S/C13H18O4/c1-15-12-4-3-9(6-13(12)16-2)10-5-11(7-14)17-8-10/h3-4,6,10-11,14H,5,7-8H2,1-2H3/t10-,11+/m0/s1. The first kappa shape index (κ1) is 12.2. The maximum atomic E-state index is 9.04. The topological polar surface area (TPSA) is 47.9 Å². The first-order valence-corrected chi connectivity index (χ1v) is 5.73. The lowest BCUT2D eigenvalue weighted by Gasteiger charge is -2.12. The summed E-state index contributed by atoms with van der Waals surface area (Å²) in [5.41, 5.74) is 1.17. The van der Waals surface area contributed by atoms with Gasteiger partial charge in [-0.15, -0.1) is 0 Å². The minimum Gasteiger partial charge on any atom is -0.493 e. The van der Waals surface area contributed by atoms with Gasteiger partial charge in [-0.25, -0.2) is 0 Å². The number of hydrogen-bond donors (Lipinski definition) is 1. The van der Waals surface area contributed by atoms with Gasteiger partial charge in [0.15, 0.2) is 11.5 Å². The molecule has 0 saturated carbocycles. The van der Waals surface area contributed by atoms with Crippen LogP contribution in [0.15, 0.2) is 18.2 Å². The summed E-state index contributed by atoms with van der Waals surface area (Å²) in [6, 6.07) is 5.90. The van der Waals surface area contributed by atoms with Gasteiger partial charge in [-0.2, -0.15) is 0 Å². The molecular formula is C13H18O4. The van der Waals surface area contributed by atoms with Crippen molar-refractivity contribution in [3.8, 4) is 11.5 Å². The van der Waals surface area contributed by atoms with Crippen LogP contribution in [-0.2, 0) is 4.74 Å². The van der Waals surface area contributed by atoms with Crippen LogP contribution in [0.4, 0.5) is 0 Å². The summed E-state index contributed by atoms with van der Waals surface area (Å²) in [5, 5.41) is 9.04.